The van der Waals surface area contributed by atoms with Gasteiger partial charge in [0.1, 0.15) is 11.4 Å². The fourth-order valence-electron chi connectivity index (χ4n) is 3.70. The maximum absolute atomic E-state index is 12.6. The number of hydrogen-bond donors (Lipinski definition) is 0. The Morgan fingerprint density at radius 3 is 3.00 bits per heavy atom. The molecule has 3 heterocycles. The summed E-state index contributed by atoms with van der Waals surface area (Å²) in [5, 5.41) is 0. The lowest BCUT2D eigenvalue weighted by Gasteiger charge is -2.50. The topological polar surface area (TPSA) is 51.7 Å². The van der Waals surface area contributed by atoms with Gasteiger partial charge in [0, 0.05) is 24.3 Å². The van der Waals surface area contributed by atoms with Crippen LogP contribution in [0, 0.1) is 12.8 Å². The van der Waals surface area contributed by atoms with E-state index in [1.54, 1.807) is 12.4 Å². The van der Waals surface area contributed by atoms with Crippen LogP contribution in [-0.2, 0) is 4.74 Å². The molecule has 0 saturated carbocycles. The molecule has 130 valence electrons. The van der Waals surface area contributed by atoms with Gasteiger partial charge in [0.2, 0.25) is 0 Å². The Bertz CT molecular complexity index is 757. The van der Waals surface area contributed by atoms with Gasteiger partial charge >= 0.3 is 0 Å². The molecule has 0 N–H and O–H groups in total. The van der Waals surface area contributed by atoms with E-state index in [-0.39, 0.29) is 11.5 Å². The van der Waals surface area contributed by atoms with E-state index >= 15 is 0 Å². The molecule has 5 nitrogen and oxygen atoms in total. The van der Waals surface area contributed by atoms with Crippen molar-refractivity contribution in [2.75, 3.05) is 26.3 Å². The Morgan fingerprint density at radius 2 is 2.24 bits per heavy atom. The molecule has 2 aliphatic rings. The average molecular weight is 338 g/mol. The zero-order chi connectivity index (χ0) is 17.3. The number of carbonyl (C=O) groups excluding carboxylic acids is 1. The zero-order valence-electron chi connectivity index (χ0n) is 14.4. The first-order chi connectivity index (χ1) is 12.2. The van der Waals surface area contributed by atoms with Gasteiger partial charge < -0.3 is 14.4 Å². The highest BCUT2D eigenvalue weighted by Crippen LogP contribution is 2.40. The molecular weight excluding hydrogens is 316 g/mol. The molecule has 0 radical (unpaired) electrons. The minimum Gasteiger partial charge on any atom is -0.492 e. The largest absolute Gasteiger partial charge is 0.492 e. The van der Waals surface area contributed by atoms with E-state index in [1.807, 2.05) is 48.2 Å². The SMILES string of the molecule is Cc1cccc(C(=O)N2CC3(C2)OCCC3COc2cccnc2)c1. The lowest BCUT2D eigenvalue weighted by atomic mass is 9.81. The van der Waals surface area contributed by atoms with Gasteiger partial charge in [0.05, 0.1) is 25.9 Å². The second kappa shape index (κ2) is 6.48. The molecule has 1 atom stereocenters. The number of aromatic nitrogens is 1. The van der Waals surface area contributed by atoms with Gasteiger partial charge in [-0.25, -0.2) is 0 Å². The minimum absolute atomic E-state index is 0.0803. The van der Waals surface area contributed by atoms with Crippen LogP contribution in [0.25, 0.3) is 0 Å². The van der Waals surface area contributed by atoms with Gasteiger partial charge in [-0.15, -0.1) is 0 Å². The van der Waals surface area contributed by atoms with E-state index in [0.717, 1.165) is 29.9 Å². The van der Waals surface area contributed by atoms with Crippen LogP contribution in [0.4, 0.5) is 0 Å². The predicted octanol–water partition coefficient (Wildman–Crippen LogP) is 2.70. The van der Waals surface area contributed by atoms with Crippen LogP contribution >= 0.6 is 0 Å². The van der Waals surface area contributed by atoms with E-state index in [9.17, 15) is 4.79 Å². The third-order valence-electron chi connectivity index (χ3n) is 5.15. The number of likely N-dealkylation sites (tertiary alicyclic amines) is 1. The molecule has 1 spiro atoms. The Balaban J connectivity index is 1.38. The summed E-state index contributed by atoms with van der Waals surface area (Å²) in [5.74, 6) is 1.16. The Kier molecular flexibility index (Phi) is 4.17. The minimum atomic E-state index is -0.248. The molecule has 1 aromatic heterocycles. The number of nitrogens with zero attached hydrogens (tertiary/aromatic N) is 2. The highest BCUT2D eigenvalue weighted by molar-refractivity contribution is 5.95. The molecule has 2 fully saturated rings. The van der Waals surface area contributed by atoms with E-state index in [4.69, 9.17) is 9.47 Å². The van der Waals surface area contributed by atoms with Crippen molar-refractivity contribution in [1.29, 1.82) is 0 Å². The molecule has 25 heavy (non-hydrogen) atoms. The number of hydrogen-bond acceptors (Lipinski definition) is 4. The maximum atomic E-state index is 12.6. The second-order valence-corrected chi connectivity index (χ2v) is 6.93. The van der Waals surface area contributed by atoms with Gasteiger partial charge in [-0.2, -0.15) is 0 Å². The summed E-state index contributed by atoms with van der Waals surface area (Å²) < 4.78 is 11.9. The first-order valence-corrected chi connectivity index (χ1v) is 8.69. The molecule has 1 unspecified atom stereocenters. The van der Waals surface area contributed by atoms with Crippen molar-refractivity contribution in [2.45, 2.75) is 18.9 Å². The number of rotatable bonds is 4. The predicted molar refractivity (Wildman–Crippen MR) is 93.6 cm³/mol. The molecule has 0 bridgehead atoms. The number of carbonyl (C=O) groups is 1. The smallest absolute Gasteiger partial charge is 0.254 e. The summed E-state index contributed by atoms with van der Waals surface area (Å²) in [7, 11) is 0. The van der Waals surface area contributed by atoms with Crippen molar-refractivity contribution >= 4 is 5.91 Å². The number of benzene rings is 1. The summed E-state index contributed by atoms with van der Waals surface area (Å²) in [6, 6.07) is 11.5. The fraction of sp³-hybridized carbons (Fsp3) is 0.400. The van der Waals surface area contributed by atoms with Crippen LogP contribution in [0.15, 0.2) is 48.8 Å². The van der Waals surface area contributed by atoms with Crippen molar-refractivity contribution in [3.8, 4) is 5.75 Å². The quantitative estimate of drug-likeness (QED) is 0.860. The highest BCUT2D eigenvalue weighted by Gasteiger charge is 2.54. The lowest BCUT2D eigenvalue weighted by Crippen LogP contribution is -2.66. The van der Waals surface area contributed by atoms with Crippen LogP contribution in [0.5, 0.6) is 5.75 Å². The van der Waals surface area contributed by atoms with Crippen molar-refractivity contribution in [3.05, 3.63) is 59.9 Å². The van der Waals surface area contributed by atoms with Gasteiger partial charge in [-0.3, -0.25) is 9.78 Å². The second-order valence-electron chi connectivity index (χ2n) is 6.93. The monoisotopic (exact) mass is 338 g/mol. The van der Waals surface area contributed by atoms with Crippen LogP contribution in [0.1, 0.15) is 22.3 Å². The zero-order valence-corrected chi connectivity index (χ0v) is 14.4. The molecule has 2 saturated heterocycles. The van der Waals surface area contributed by atoms with Gasteiger partial charge in [0.15, 0.2) is 0 Å². The van der Waals surface area contributed by atoms with Crippen LogP contribution < -0.4 is 4.74 Å². The van der Waals surface area contributed by atoms with Gasteiger partial charge in [0.25, 0.3) is 5.91 Å². The molecule has 5 heteroatoms. The van der Waals surface area contributed by atoms with Crippen molar-refractivity contribution in [3.63, 3.8) is 0 Å². The average Bonchev–Trinajstić information content (AvgIpc) is 3.03. The van der Waals surface area contributed by atoms with Gasteiger partial charge in [-0.1, -0.05) is 17.7 Å². The maximum Gasteiger partial charge on any atom is 0.254 e. The summed E-state index contributed by atoms with van der Waals surface area (Å²) >= 11 is 0. The molecule has 1 amide bonds. The van der Waals surface area contributed by atoms with Gasteiger partial charge in [-0.05, 0) is 37.6 Å². The molecule has 2 aliphatic heterocycles. The molecular formula is C20H22N2O3. The highest BCUT2D eigenvalue weighted by atomic mass is 16.5. The summed E-state index contributed by atoms with van der Waals surface area (Å²) in [5.41, 5.74) is 1.60. The van der Waals surface area contributed by atoms with E-state index in [2.05, 4.69) is 4.98 Å². The third-order valence-corrected chi connectivity index (χ3v) is 5.15. The van der Waals surface area contributed by atoms with Crippen molar-refractivity contribution < 1.29 is 14.3 Å². The van der Waals surface area contributed by atoms with E-state index < -0.39 is 0 Å². The standard InChI is InChI=1S/C20H22N2O3/c1-15-4-2-5-16(10-15)19(23)22-13-20(14-22)17(7-9-25-20)12-24-18-6-3-8-21-11-18/h2-6,8,10-11,17H,7,9,12-14H2,1H3. The summed E-state index contributed by atoms with van der Waals surface area (Å²) in [6.07, 6.45) is 4.41. The first kappa shape index (κ1) is 16.1. The normalized spacial score (nSPS) is 21.2. The van der Waals surface area contributed by atoms with Crippen LogP contribution in [0.3, 0.4) is 0 Å². The van der Waals surface area contributed by atoms with Crippen molar-refractivity contribution in [2.24, 2.45) is 5.92 Å². The Morgan fingerprint density at radius 1 is 1.36 bits per heavy atom. The Labute approximate surface area is 147 Å². The Hall–Kier alpha value is -2.40. The summed E-state index contributed by atoms with van der Waals surface area (Å²) in [6.45, 7) is 4.60. The van der Waals surface area contributed by atoms with Crippen LogP contribution in [0.2, 0.25) is 0 Å². The molecule has 0 aliphatic carbocycles. The number of aryl methyl sites for hydroxylation is 1. The van der Waals surface area contributed by atoms with E-state index in [0.29, 0.717) is 25.6 Å². The van der Waals surface area contributed by atoms with Crippen LogP contribution in [-0.4, -0.2) is 47.7 Å². The number of amides is 1. The van der Waals surface area contributed by atoms with Crippen molar-refractivity contribution in [1.82, 2.24) is 9.88 Å². The lowest BCUT2D eigenvalue weighted by molar-refractivity contribution is -0.122. The first-order valence-electron chi connectivity index (χ1n) is 8.69. The molecule has 1 aromatic carbocycles. The third kappa shape index (κ3) is 3.12. The number of pyridine rings is 1. The number of ether oxygens (including phenoxy) is 2. The molecule has 2 aromatic rings. The fourth-order valence-corrected chi connectivity index (χ4v) is 3.70. The molecule has 4 rings (SSSR count). The summed E-state index contributed by atoms with van der Waals surface area (Å²) in [4.78, 5) is 18.6. The van der Waals surface area contributed by atoms with E-state index in [1.165, 1.54) is 0 Å².